The summed E-state index contributed by atoms with van der Waals surface area (Å²) in [5.74, 6) is 1.01. The first-order valence-corrected chi connectivity index (χ1v) is 8.96. The maximum Gasteiger partial charge on any atom is 0.193 e. The van der Waals surface area contributed by atoms with E-state index in [9.17, 15) is 0 Å². The van der Waals surface area contributed by atoms with Gasteiger partial charge in [0.25, 0.3) is 0 Å². The molecule has 3 rings (SSSR count). The normalized spacial score (nSPS) is 21.5. The van der Waals surface area contributed by atoms with E-state index in [1.165, 1.54) is 5.56 Å². The molecule has 0 saturated carbocycles. The first kappa shape index (κ1) is 17.5. The molecule has 0 amide bonds. The molecule has 0 aliphatic carbocycles. The van der Waals surface area contributed by atoms with E-state index in [0.717, 1.165) is 63.5 Å². The van der Waals surface area contributed by atoms with Crippen molar-refractivity contribution in [2.24, 2.45) is 10.4 Å². The van der Waals surface area contributed by atoms with E-state index < -0.39 is 0 Å². The average Bonchev–Trinajstić information content (AvgIpc) is 2.55. The van der Waals surface area contributed by atoms with Gasteiger partial charge in [0.05, 0.1) is 13.2 Å². The van der Waals surface area contributed by atoms with Crippen LogP contribution in [0.3, 0.4) is 0 Å². The highest BCUT2D eigenvalue weighted by atomic mass is 35.5. The van der Waals surface area contributed by atoms with Gasteiger partial charge in [-0.1, -0.05) is 30.7 Å². The number of aliphatic imine (C=N–C) groups is 1. The number of hydrogen-bond donors (Lipinski definition) is 1. The number of ether oxygens (including phenoxy) is 1. The molecule has 5 nitrogen and oxygen atoms in total. The number of benzene rings is 1. The molecule has 6 heteroatoms. The van der Waals surface area contributed by atoms with E-state index >= 15 is 0 Å². The van der Waals surface area contributed by atoms with Crippen LogP contribution in [0, 0.1) is 5.41 Å². The summed E-state index contributed by atoms with van der Waals surface area (Å²) in [5.41, 5.74) is 1.53. The predicted octanol–water partition coefficient (Wildman–Crippen LogP) is 2.07. The third kappa shape index (κ3) is 4.41. The van der Waals surface area contributed by atoms with E-state index in [0.29, 0.717) is 0 Å². The van der Waals surface area contributed by atoms with Crippen molar-refractivity contribution < 1.29 is 4.74 Å². The van der Waals surface area contributed by atoms with E-state index in [4.69, 9.17) is 16.3 Å². The summed E-state index contributed by atoms with van der Waals surface area (Å²) in [6.45, 7) is 9.86. The van der Waals surface area contributed by atoms with Gasteiger partial charge < -0.3 is 15.0 Å². The quantitative estimate of drug-likeness (QED) is 0.666. The molecule has 0 aromatic heterocycles. The van der Waals surface area contributed by atoms with Crippen molar-refractivity contribution in [3.63, 3.8) is 0 Å². The Morgan fingerprint density at radius 2 is 2.04 bits per heavy atom. The smallest absolute Gasteiger partial charge is 0.193 e. The molecule has 2 fully saturated rings. The highest BCUT2D eigenvalue weighted by molar-refractivity contribution is 6.30. The molecular weight excluding hydrogens is 324 g/mol. The number of rotatable bonds is 4. The van der Waals surface area contributed by atoms with Crippen molar-refractivity contribution in [2.45, 2.75) is 13.5 Å². The van der Waals surface area contributed by atoms with Crippen LogP contribution >= 0.6 is 11.6 Å². The monoisotopic (exact) mass is 350 g/mol. The topological polar surface area (TPSA) is 40.1 Å². The van der Waals surface area contributed by atoms with Crippen molar-refractivity contribution in [1.29, 1.82) is 0 Å². The third-order valence-corrected chi connectivity index (χ3v) is 4.99. The maximum absolute atomic E-state index is 6.07. The largest absolute Gasteiger partial charge is 0.380 e. The Labute approximate surface area is 149 Å². The maximum atomic E-state index is 6.07. The van der Waals surface area contributed by atoms with Crippen LogP contribution in [-0.2, 0) is 11.3 Å². The van der Waals surface area contributed by atoms with Crippen molar-refractivity contribution in [2.75, 3.05) is 53.0 Å². The fourth-order valence-electron chi connectivity index (χ4n) is 3.19. The fraction of sp³-hybridized carbons (Fsp3) is 0.611. The van der Waals surface area contributed by atoms with Crippen LogP contribution in [-0.4, -0.2) is 68.7 Å². The van der Waals surface area contributed by atoms with E-state index in [2.05, 4.69) is 39.2 Å². The van der Waals surface area contributed by atoms with Crippen LogP contribution in [0.25, 0.3) is 0 Å². The molecule has 0 unspecified atom stereocenters. The van der Waals surface area contributed by atoms with Crippen molar-refractivity contribution >= 4 is 17.6 Å². The first-order chi connectivity index (χ1) is 11.6. The molecule has 1 N–H and O–H groups in total. The highest BCUT2D eigenvalue weighted by Gasteiger charge is 2.33. The van der Waals surface area contributed by atoms with Crippen LogP contribution < -0.4 is 5.32 Å². The molecule has 2 heterocycles. The van der Waals surface area contributed by atoms with Gasteiger partial charge in [-0.3, -0.25) is 9.89 Å². The number of guanidine groups is 1. The molecule has 2 aliphatic heterocycles. The lowest BCUT2D eigenvalue weighted by atomic mass is 9.89. The van der Waals surface area contributed by atoms with Gasteiger partial charge in [-0.05, 0) is 17.7 Å². The zero-order valence-corrected chi connectivity index (χ0v) is 15.4. The standard InChI is InChI=1S/C18H27ClN4O/c1-18(13-24-14-18)12-21-17(20-2)23-8-6-22(7-9-23)11-15-4-3-5-16(19)10-15/h3-5,10H,6-9,11-14H2,1-2H3,(H,20,21). The van der Waals surface area contributed by atoms with Gasteiger partial charge >= 0.3 is 0 Å². The minimum absolute atomic E-state index is 0.254. The number of piperazine rings is 1. The molecular formula is C18H27ClN4O. The lowest BCUT2D eigenvalue weighted by molar-refractivity contribution is -0.0973. The number of halogens is 1. The predicted molar refractivity (Wildman–Crippen MR) is 98.6 cm³/mol. The second kappa shape index (κ2) is 7.72. The molecule has 0 bridgehead atoms. The molecule has 1 aromatic carbocycles. The molecule has 24 heavy (non-hydrogen) atoms. The van der Waals surface area contributed by atoms with Crippen molar-refractivity contribution in [3.8, 4) is 0 Å². The Hall–Kier alpha value is -1.30. The third-order valence-electron chi connectivity index (χ3n) is 4.75. The van der Waals surface area contributed by atoms with Gasteiger partial charge in [-0.25, -0.2) is 0 Å². The van der Waals surface area contributed by atoms with Crippen molar-refractivity contribution in [3.05, 3.63) is 34.9 Å². The number of nitrogens with zero attached hydrogens (tertiary/aromatic N) is 3. The van der Waals surface area contributed by atoms with Gasteiger partial charge in [-0.2, -0.15) is 0 Å². The van der Waals surface area contributed by atoms with Crippen LogP contribution in [0.15, 0.2) is 29.3 Å². The number of hydrogen-bond acceptors (Lipinski definition) is 3. The Morgan fingerprint density at radius 3 is 2.62 bits per heavy atom. The second-order valence-electron chi connectivity index (χ2n) is 7.10. The van der Waals surface area contributed by atoms with Gasteiger partial charge in [0.2, 0.25) is 0 Å². The number of nitrogens with one attached hydrogen (secondary N) is 1. The van der Waals surface area contributed by atoms with Crippen LogP contribution in [0.2, 0.25) is 5.02 Å². The molecule has 2 aliphatic rings. The summed E-state index contributed by atoms with van der Waals surface area (Å²) in [4.78, 5) is 9.26. The van der Waals surface area contributed by atoms with Crippen LogP contribution in [0.4, 0.5) is 0 Å². The van der Waals surface area contributed by atoms with Crippen molar-refractivity contribution in [1.82, 2.24) is 15.1 Å². The summed E-state index contributed by atoms with van der Waals surface area (Å²) >= 11 is 6.07. The minimum atomic E-state index is 0.254. The fourth-order valence-corrected chi connectivity index (χ4v) is 3.40. The van der Waals surface area contributed by atoms with Gasteiger partial charge in [0, 0.05) is 56.8 Å². The Balaban J connectivity index is 1.46. The molecule has 2 saturated heterocycles. The molecule has 132 valence electrons. The van der Waals surface area contributed by atoms with E-state index in [1.807, 2.05) is 19.2 Å². The van der Waals surface area contributed by atoms with E-state index in [-0.39, 0.29) is 5.41 Å². The molecule has 1 aromatic rings. The average molecular weight is 351 g/mol. The summed E-state index contributed by atoms with van der Waals surface area (Å²) in [6, 6.07) is 8.13. The first-order valence-electron chi connectivity index (χ1n) is 8.58. The summed E-state index contributed by atoms with van der Waals surface area (Å²) in [7, 11) is 1.86. The molecule has 0 atom stereocenters. The Morgan fingerprint density at radius 1 is 1.29 bits per heavy atom. The Kier molecular flexibility index (Phi) is 5.64. The minimum Gasteiger partial charge on any atom is -0.380 e. The zero-order valence-electron chi connectivity index (χ0n) is 14.6. The van der Waals surface area contributed by atoms with Gasteiger partial charge in [-0.15, -0.1) is 0 Å². The second-order valence-corrected chi connectivity index (χ2v) is 7.53. The summed E-state index contributed by atoms with van der Waals surface area (Å²) in [6.07, 6.45) is 0. The SMILES string of the molecule is CN=C(NCC1(C)COC1)N1CCN(Cc2cccc(Cl)c2)CC1. The highest BCUT2D eigenvalue weighted by Crippen LogP contribution is 2.25. The van der Waals surface area contributed by atoms with E-state index in [1.54, 1.807) is 0 Å². The van der Waals surface area contributed by atoms with Crippen LogP contribution in [0.1, 0.15) is 12.5 Å². The molecule has 0 spiro atoms. The zero-order chi connectivity index (χ0) is 17.0. The lowest BCUT2D eigenvalue weighted by Crippen LogP contribution is -2.55. The lowest BCUT2D eigenvalue weighted by Gasteiger charge is -2.41. The summed E-state index contributed by atoms with van der Waals surface area (Å²) in [5, 5.41) is 4.32. The van der Waals surface area contributed by atoms with Gasteiger partial charge in [0.1, 0.15) is 0 Å². The van der Waals surface area contributed by atoms with Gasteiger partial charge in [0.15, 0.2) is 5.96 Å². The molecule has 0 radical (unpaired) electrons. The van der Waals surface area contributed by atoms with Crippen LogP contribution in [0.5, 0.6) is 0 Å². The Bertz CT molecular complexity index is 580. The summed E-state index contributed by atoms with van der Waals surface area (Å²) < 4.78 is 5.32.